The highest BCUT2D eigenvalue weighted by Crippen LogP contribution is 2.37. The molecule has 0 aliphatic heterocycles. The summed E-state index contributed by atoms with van der Waals surface area (Å²) in [5.74, 6) is 0. The van der Waals surface area contributed by atoms with E-state index in [0.717, 1.165) is 22.1 Å². The molecule has 0 radical (unpaired) electrons. The predicted octanol–water partition coefficient (Wildman–Crippen LogP) is 5.12. The minimum absolute atomic E-state index is 0.605. The van der Waals surface area contributed by atoms with Crippen molar-refractivity contribution in [1.82, 2.24) is 0 Å². The highest BCUT2D eigenvalue weighted by Gasteiger charge is 2.36. The van der Waals surface area contributed by atoms with E-state index in [1.807, 2.05) is 53.9 Å². The first kappa shape index (κ1) is 17.9. The van der Waals surface area contributed by atoms with Crippen molar-refractivity contribution < 1.29 is 5.11 Å². The molecule has 3 N–H and O–H groups in total. The average Bonchev–Trinajstić information content (AvgIpc) is 3.13. The van der Waals surface area contributed by atoms with Gasteiger partial charge in [-0.25, -0.2) is 0 Å². The summed E-state index contributed by atoms with van der Waals surface area (Å²) in [6.45, 7) is 0. The molecule has 4 aromatic rings. The lowest BCUT2D eigenvalue weighted by molar-refractivity contribution is 0.0845. The molecule has 27 heavy (non-hydrogen) atoms. The van der Waals surface area contributed by atoms with E-state index in [-0.39, 0.29) is 0 Å². The van der Waals surface area contributed by atoms with Gasteiger partial charge in [-0.1, -0.05) is 78.9 Å². The van der Waals surface area contributed by atoms with Crippen molar-refractivity contribution in [3.05, 3.63) is 107 Å². The summed E-state index contributed by atoms with van der Waals surface area (Å²) >= 11 is 1.66. The van der Waals surface area contributed by atoms with Gasteiger partial charge in [-0.15, -0.1) is 11.3 Å². The van der Waals surface area contributed by atoms with E-state index >= 15 is 0 Å². The van der Waals surface area contributed by atoms with Crippen molar-refractivity contribution in [2.45, 2.75) is 24.5 Å². The van der Waals surface area contributed by atoms with E-state index in [0.29, 0.717) is 12.8 Å². The molecule has 0 amide bonds. The van der Waals surface area contributed by atoms with Gasteiger partial charge in [0.2, 0.25) is 0 Å². The van der Waals surface area contributed by atoms with Crippen molar-refractivity contribution in [1.29, 1.82) is 0 Å². The predicted molar refractivity (Wildman–Crippen MR) is 114 cm³/mol. The molecule has 3 heteroatoms. The van der Waals surface area contributed by atoms with Gasteiger partial charge in [0.25, 0.3) is 0 Å². The van der Waals surface area contributed by atoms with Crippen LogP contribution in [-0.2, 0) is 12.8 Å². The van der Waals surface area contributed by atoms with E-state index < -0.39 is 11.6 Å². The number of hydrogen-bond donors (Lipinski definition) is 2. The van der Waals surface area contributed by atoms with Crippen LogP contribution in [0.2, 0.25) is 0 Å². The van der Waals surface area contributed by atoms with Gasteiger partial charge >= 0.3 is 0 Å². The first-order valence-corrected chi connectivity index (χ1v) is 10.0. The van der Waals surface area contributed by atoms with Crippen LogP contribution in [-0.4, -0.2) is 10.6 Å². The zero-order chi connectivity index (χ0) is 18.7. The Morgan fingerprint density at radius 3 is 1.89 bits per heavy atom. The summed E-state index contributed by atoms with van der Waals surface area (Å²) in [5.41, 5.74) is 9.33. The standard InChI is InChI=1S/C24H23NOS/c25-24(15-18-9-3-1-4-10-18,16-19-11-5-2-6-12-19)23(26)21-17-27-22-14-8-7-13-20(21)22/h1-14,17,23,26H,15-16,25H2. The summed E-state index contributed by atoms with van der Waals surface area (Å²) < 4.78 is 1.17. The van der Waals surface area contributed by atoms with Crippen LogP contribution in [0.15, 0.2) is 90.3 Å². The molecule has 0 fully saturated rings. The molecule has 1 atom stereocenters. The second-order valence-corrected chi connectivity index (χ2v) is 8.06. The Hall–Kier alpha value is -2.46. The number of fused-ring (bicyclic) bond motifs is 1. The molecule has 0 saturated carbocycles. The summed E-state index contributed by atoms with van der Waals surface area (Å²) in [6, 6.07) is 28.6. The van der Waals surface area contributed by atoms with Gasteiger partial charge < -0.3 is 10.8 Å². The van der Waals surface area contributed by atoms with Crippen LogP contribution in [0.25, 0.3) is 10.1 Å². The number of aliphatic hydroxyl groups is 1. The van der Waals surface area contributed by atoms with Crippen molar-refractivity contribution in [3.63, 3.8) is 0 Å². The lowest BCUT2D eigenvalue weighted by Crippen LogP contribution is -2.50. The van der Waals surface area contributed by atoms with Crippen molar-refractivity contribution in [2.75, 3.05) is 0 Å². The number of benzene rings is 3. The lowest BCUT2D eigenvalue weighted by atomic mass is 9.78. The molecule has 136 valence electrons. The molecule has 0 aliphatic rings. The summed E-state index contributed by atoms with van der Waals surface area (Å²) in [6.07, 6.45) is 0.455. The molecule has 0 saturated heterocycles. The Balaban J connectivity index is 1.74. The maximum atomic E-state index is 11.4. The first-order valence-electron chi connectivity index (χ1n) is 9.17. The molecular weight excluding hydrogens is 350 g/mol. The van der Waals surface area contributed by atoms with Crippen LogP contribution in [0, 0.1) is 0 Å². The largest absolute Gasteiger partial charge is 0.386 e. The Morgan fingerprint density at radius 2 is 1.30 bits per heavy atom. The Bertz CT molecular complexity index is 969. The van der Waals surface area contributed by atoms with Crippen molar-refractivity contribution in [2.24, 2.45) is 5.73 Å². The van der Waals surface area contributed by atoms with Gasteiger partial charge in [-0.2, -0.15) is 0 Å². The molecule has 1 unspecified atom stereocenters. The molecule has 1 heterocycles. The van der Waals surface area contributed by atoms with E-state index in [9.17, 15) is 5.11 Å². The number of nitrogens with two attached hydrogens (primary N) is 1. The lowest BCUT2D eigenvalue weighted by Gasteiger charge is -2.35. The summed E-state index contributed by atoms with van der Waals surface area (Å²) in [4.78, 5) is 0. The zero-order valence-corrected chi connectivity index (χ0v) is 15.9. The highest BCUT2D eigenvalue weighted by molar-refractivity contribution is 7.17. The number of rotatable bonds is 6. The minimum Gasteiger partial charge on any atom is -0.386 e. The molecule has 4 rings (SSSR count). The molecule has 2 nitrogen and oxygen atoms in total. The van der Waals surface area contributed by atoms with E-state index in [1.54, 1.807) is 11.3 Å². The fourth-order valence-electron chi connectivity index (χ4n) is 3.73. The summed E-state index contributed by atoms with van der Waals surface area (Å²) in [5, 5.41) is 14.6. The smallest absolute Gasteiger partial charge is 0.0989 e. The van der Waals surface area contributed by atoms with E-state index in [1.165, 1.54) is 4.70 Å². The van der Waals surface area contributed by atoms with Crippen molar-refractivity contribution >= 4 is 21.4 Å². The third-order valence-electron chi connectivity index (χ3n) is 5.10. The molecular formula is C24H23NOS. The van der Waals surface area contributed by atoms with E-state index in [4.69, 9.17) is 5.73 Å². The number of aliphatic hydroxyl groups excluding tert-OH is 1. The monoisotopic (exact) mass is 373 g/mol. The Morgan fingerprint density at radius 1 is 0.778 bits per heavy atom. The van der Waals surface area contributed by atoms with Gasteiger partial charge in [0.15, 0.2) is 0 Å². The zero-order valence-electron chi connectivity index (χ0n) is 15.1. The van der Waals surface area contributed by atoms with Crippen LogP contribution < -0.4 is 5.73 Å². The Kier molecular flexibility index (Phi) is 5.08. The van der Waals surface area contributed by atoms with Crippen LogP contribution in [0.3, 0.4) is 0 Å². The van der Waals surface area contributed by atoms with Gasteiger partial charge in [-0.3, -0.25) is 0 Å². The minimum atomic E-state index is -0.799. The number of thiophene rings is 1. The van der Waals surface area contributed by atoms with Gasteiger partial charge in [0.1, 0.15) is 0 Å². The average molecular weight is 374 g/mol. The fourth-order valence-corrected chi connectivity index (χ4v) is 4.71. The van der Waals surface area contributed by atoms with Crippen LogP contribution in [0.5, 0.6) is 0 Å². The molecule has 0 bridgehead atoms. The number of hydrogen-bond acceptors (Lipinski definition) is 3. The van der Waals surface area contributed by atoms with Gasteiger partial charge in [0.05, 0.1) is 11.6 Å². The topological polar surface area (TPSA) is 46.2 Å². The fraction of sp³-hybridized carbons (Fsp3) is 0.167. The maximum Gasteiger partial charge on any atom is 0.0989 e. The SMILES string of the molecule is NC(Cc1ccccc1)(Cc1ccccc1)C(O)c1csc2ccccc12. The second kappa shape index (κ2) is 7.65. The molecule has 0 spiro atoms. The Labute approximate surface area is 163 Å². The normalized spacial score (nSPS) is 13.0. The quantitative estimate of drug-likeness (QED) is 0.493. The van der Waals surface area contributed by atoms with Crippen LogP contribution >= 0.6 is 11.3 Å². The van der Waals surface area contributed by atoms with Crippen LogP contribution in [0.1, 0.15) is 22.8 Å². The third kappa shape index (κ3) is 3.81. The molecule has 0 aliphatic carbocycles. The van der Waals surface area contributed by atoms with Gasteiger partial charge in [-0.05, 0) is 40.8 Å². The van der Waals surface area contributed by atoms with Crippen LogP contribution in [0.4, 0.5) is 0 Å². The molecule has 3 aromatic carbocycles. The highest BCUT2D eigenvalue weighted by atomic mass is 32.1. The first-order chi connectivity index (χ1) is 13.2. The summed E-state index contributed by atoms with van der Waals surface area (Å²) in [7, 11) is 0. The second-order valence-electron chi connectivity index (χ2n) is 7.15. The maximum absolute atomic E-state index is 11.4. The molecule has 1 aromatic heterocycles. The van der Waals surface area contributed by atoms with E-state index in [2.05, 4.69) is 36.4 Å². The van der Waals surface area contributed by atoms with Crippen molar-refractivity contribution in [3.8, 4) is 0 Å². The third-order valence-corrected chi connectivity index (χ3v) is 6.08. The van der Waals surface area contributed by atoms with Gasteiger partial charge in [0, 0.05) is 10.3 Å².